The molecule has 0 spiro atoms. The van der Waals surface area contributed by atoms with Crippen LogP contribution in [0.15, 0.2) is 18.5 Å². The second kappa shape index (κ2) is 5.61. The monoisotopic (exact) mass is 279 g/mol. The molecular weight excluding hydrogens is 266 g/mol. The van der Waals surface area contributed by atoms with Gasteiger partial charge >= 0.3 is 0 Å². The molecule has 0 bridgehead atoms. The van der Waals surface area contributed by atoms with E-state index in [0.29, 0.717) is 10.8 Å². The molecule has 0 aliphatic rings. The van der Waals surface area contributed by atoms with Crippen LogP contribution in [-0.2, 0) is 11.8 Å². The Labute approximate surface area is 113 Å². The summed E-state index contributed by atoms with van der Waals surface area (Å²) in [4.78, 5) is 28.3. The van der Waals surface area contributed by atoms with E-state index in [9.17, 15) is 9.59 Å². The number of aryl methyl sites for hydroxylation is 2. The Kier molecular flexibility index (Phi) is 3.91. The van der Waals surface area contributed by atoms with Crippen molar-refractivity contribution in [3.8, 4) is 0 Å². The van der Waals surface area contributed by atoms with Gasteiger partial charge in [0.2, 0.25) is 5.91 Å². The van der Waals surface area contributed by atoms with Crippen LogP contribution < -0.4 is 10.6 Å². The van der Waals surface area contributed by atoms with E-state index in [-0.39, 0.29) is 18.4 Å². The summed E-state index contributed by atoms with van der Waals surface area (Å²) in [5, 5.41) is 9.53. The Bertz CT molecular complexity index is 604. The number of hydrogen-bond donors (Lipinski definition) is 2. The van der Waals surface area contributed by atoms with Crippen LogP contribution >= 0.6 is 11.3 Å². The highest BCUT2D eigenvalue weighted by Crippen LogP contribution is 2.15. The molecule has 0 aromatic carbocycles. The predicted octanol–water partition coefficient (Wildman–Crippen LogP) is 0.554. The van der Waals surface area contributed by atoms with E-state index in [1.54, 1.807) is 19.3 Å². The standard InChI is InChI=1S/C11H13N5O2S/c1-7-5-13-11(19-7)15-9(17)6-12-10(18)8-3-4-14-16(8)2/h3-5H,6H2,1-2H3,(H,12,18)(H,13,15,17). The van der Waals surface area contributed by atoms with Crippen molar-refractivity contribution in [1.82, 2.24) is 20.1 Å². The van der Waals surface area contributed by atoms with Gasteiger partial charge in [-0.2, -0.15) is 5.10 Å². The highest BCUT2D eigenvalue weighted by atomic mass is 32.1. The lowest BCUT2D eigenvalue weighted by molar-refractivity contribution is -0.115. The van der Waals surface area contributed by atoms with Gasteiger partial charge in [-0.05, 0) is 13.0 Å². The van der Waals surface area contributed by atoms with Crippen molar-refractivity contribution < 1.29 is 9.59 Å². The summed E-state index contributed by atoms with van der Waals surface area (Å²) in [7, 11) is 1.66. The summed E-state index contributed by atoms with van der Waals surface area (Å²) < 4.78 is 1.44. The lowest BCUT2D eigenvalue weighted by atomic mass is 10.4. The smallest absolute Gasteiger partial charge is 0.269 e. The molecule has 2 aromatic heterocycles. The highest BCUT2D eigenvalue weighted by molar-refractivity contribution is 7.15. The van der Waals surface area contributed by atoms with Gasteiger partial charge in [0.1, 0.15) is 5.69 Å². The first kappa shape index (κ1) is 13.2. The van der Waals surface area contributed by atoms with Crippen LogP contribution in [0.3, 0.4) is 0 Å². The Balaban J connectivity index is 1.84. The second-order valence-electron chi connectivity index (χ2n) is 3.85. The quantitative estimate of drug-likeness (QED) is 0.855. The average molecular weight is 279 g/mol. The molecule has 19 heavy (non-hydrogen) atoms. The maximum atomic E-state index is 11.7. The van der Waals surface area contributed by atoms with E-state index < -0.39 is 0 Å². The van der Waals surface area contributed by atoms with Crippen LogP contribution in [0.5, 0.6) is 0 Å². The zero-order valence-electron chi connectivity index (χ0n) is 10.5. The first-order valence-corrected chi connectivity index (χ1v) is 6.36. The largest absolute Gasteiger partial charge is 0.342 e. The lowest BCUT2D eigenvalue weighted by Gasteiger charge is -2.05. The van der Waals surface area contributed by atoms with E-state index >= 15 is 0 Å². The molecule has 7 nitrogen and oxygen atoms in total. The maximum absolute atomic E-state index is 11.7. The molecule has 2 N–H and O–H groups in total. The third-order valence-electron chi connectivity index (χ3n) is 2.33. The van der Waals surface area contributed by atoms with Gasteiger partial charge in [-0.25, -0.2) is 4.98 Å². The van der Waals surface area contributed by atoms with Gasteiger partial charge in [0.05, 0.1) is 6.54 Å². The minimum absolute atomic E-state index is 0.108. The van der Waals surface area contributed by atoms with Gasteiger partial charge < -0.3 is 10.6 Å². The molecule has 0 radical (unpaired) electrons. The Morgan fingerprint density at radius 3 is 2.84 bits per heavy atom. The van der Waals surface area contributed by atoms with Gasteiger partial charge in [0.25, 0.3) is 5.91 Å². The fourth-order valence-corrected chi connectivity index (χ4v) is 2.10. The van der Waals surface area contributed by atoms with Crippen LogP contribution in [0.2, 0.25) is 0 Å². The van der Waals surface area contributed by atoms with Crippen LogP contribution in [0, 0.1) is 6.92 Å². The summed E-state index contributed by atoms with van der Waals surface area (Å²) >= 11 is 1.38. The van der Waals surface area contributed by atoms with Crippen molar-refractivity contribution in [3.05, 3.63) is 29.0 Å². The zero-order chi connectivity index (χ0) is 13.8. The van der Waals surface area contributed by atoms with Crippen molar-refractivity contribution in [1.29, 1.82) is 0 Å². The fraction of sp³-hybridized carbons (Fsp3) is 0.273. The molecular formula is C11H13N5O2S. The van der Waals surface area contributed by atoms with Crippen molar-refractivity contribution in [2.75, 3.05) is 11.9 Å². The number of anilines is 1. The van der Waals surface area contributed by atoms with Crippen LogP contribution in [0.1, 0.15) is 15.4 Å². The molecule has 0 fully saturated rings. The minimum Gasteiger partial charge on any atom is -0.342 e. The van der Waals surface area contributed by atoms with E-state index in [4.69, 9.17) is 0 Å². The van der Waals surface area contributed by atoms with Gasteiger partial charge in [0, 0.05) is 24.3 Å². The molecule has 2 rings (SSSR count). The van der Waals surface area contributed by atoms with E-state index in [1.807, 2.05) is 6.92 Å². The molecule has 2 amide bonds. The van der Waals surface area contributed by atoms with E-state index in [1.165, 1.54) is 22.2 Å². The van der Waals surface area contributed by atoms with Crippen molar-refractivity contribution in [2.45, 2.75) is 6.92 Å². The number of nitrogens with one attached hydrogen (secondary N) is 2. The molecule has 0 unspecified atom stereocenters. The van der Waals surface area contributed by atoms with Crippen molar-refractivity contribution in [2.24, 2.45) is 7.05 Å². The fourth-order valence-electron chi connectivity index (χ4n) is 1.42. The van der Waals surface area contributed by atoms with Gasteiger partial charge in [-0.3, -0.25) is 14.3 Å². The molecule has 2 aromatic rings. The SMILES string of the molecule is Cc1cnc(NC(=O)CNC(=O)c2ccnn2C)s1. The van der Waals surface area contributed by atoms with Gasteiger partial charge in [0.15, 0.2) is 5.13 Å². The number of hydrogen-bond acceptors (Lipinski definition) is 5. The second-order valence-corrected chi connectivity index (χ2v) is 5.08. The topological polar surface area (TPSA) is 88.9 Å². The number of amides is 2. The summed E-state index contributed by atoms with van der Waals surface area (Å²) in [5.74, 6) is -0.657. The van der Waals surface area contributed by atoms with Crippen molar-refractivity contribution >= 4 is 28.3 Å². The number of carbonyl (C=O) groups excluding carboxylic acids is 2. The number of rotatable bonds is 4. The zero-order valence-corrected chi connectivity index (χ0v) is 11.3. The summed E-state index contributed by atoms with van der Waals surface area (Å²) in [5.41, 5.74) is 0.401. The minimum atomic E-state index is -0.342. The first-order chi connectivity index (χ1) is 9.06. The number of aromatic nitrogens is 3. The Morgan fingerprint density at radius 1 is 1.47 bits per heavy atom. The molecule has 0 saturated heterocycles. The average Bonchev–Trinajstić information content (AvgIpc) is 2.95. The highest BCUT2D eigenvalue weighted by Gasteiger charge is 2.11. The molecule has 2 heterocycles. The summed E-state index contributed by atoms with van der Waals surface area (Å²) in [6.07, 6.45) is 3.20. The van der Waals surface area contributed by atoms with Crippen LogP contribution in [-0.4, -0.2) is 33.1 Å². The molecule has 0 saturated carbocycles. The van der Waals surface area contributed by atoms with Crippen molar-refractivity contribution in [3.63, 3.8) is 0 Å². The number of carbonyl (C=O) groups is 2. The Morgan fingerprint density at radius 2 is 2.26 bits per heavy atom. The number of thiazole rings is 1. The maximum Gasteiger partial charge on any atom is 0.269 e. The Hall–Kier alpha value is -2.22. The normalized spacial score (nSPS) is 10.2. The summed E-state index contributed by atoms with van der Waals surface area (Å²) in [6.45, 7) is 1.79. The third kappa shape index (κ3) is 3.38. The van der Waals surface area contributed by atoms with Crippen LogP contribution in [0.25, 0.3) is 0 Å². The molecule has 0 atom stereocenters. The van der Waals surface area contributed by atoms with Crippen LogP contribution in [0.4, 0.5) is 5.13 Å². The summed E-state index contributed by atoms with van der Waals surface area (Å²) in [6, 6.07) is 1.58. The number of nitrogens with zero attached hydrogens (tertiary/aromatic N) is 3. The van der Waals surface area contributed by atoms with Gasteiger partial charge in [-0.1, -0.05) is 0 Å². The predicted molar refractivity (Wildman–Crippen MR) is 71.0 cm³/mol. The first-order valence-electron chi connectivity index (χ1n) is 5.55. The van der Waals surface area contributed by atoms with E-state index in [2.05, 4.69) is 20.7 Å². The third-order valence-corrected chi connectivity index (χ3v) is 3.16. The molecule has 0 aliphatic heterocycles. The lowest BCUT2D eigenvalue weighted by Crippen LogP contribution is -2.33. The molecule has 0 aliphatic carbocycles. The van der Waals surface area contributed by atoms with Gasteiger partial charge in [-0.15, -0.1) is 11.3 Å². The molecule has 8 heteroatoms. The van der Waals surface area contributed by atoms with E-state index in [0.717, 1.165) is 4.88 Å². The molecule has 100 valence electrons.